The standard InChI is InChI=1S/C13H20ClNO2/c1-4-7-17-9-12(15-2)11-8-10(14)5-6-13(11)16-3/h5-6,8,12,15H,4,7,9H2,1-3H3. The molecule has 0 saturated carbocycles. The van der Waals surface area contributed by atoms with Gasteiger partial charge in [0.2, 0.25) is 0 Å². The lowest BCUT2D eigenvalue weighted by molar-refractivity contribution is 0.113. The second kappa shape index (κ2) is 7.54. The van der Waals surface area contributed by atoms with E-state index in [0.29, 0.717) is 11.6 Å². The maximum absolute atomic E-state index is 6.01. The Morgan fingerprint density at radius 2 is 2.18 bits per heavy atom. The first-order valence-electron chi connectivity index (χ1n) is 5.81. The number of halogens is 1. The smallest absolute Gasteiger partial charge is 0.123 e. The minimum Gasteiger partial charge on any atom is -0.496 e. The second-order valence-corrected chi connectivity index (χ2v) is 4.24. The topological polar surface area (TPSA) is 30.5 Å². The molecule has 0 aromatic heterocycles. The molecule has 0 aliphatic rings. The van der Waals surface area contributed by atoms with E-state index >= 15 is 0 Å². The number of hydrogen-bond donors (Lipinski definition) is 1. The number of benzene rings is 1. The van der Waals surface area contributed by atoms with Crippen molar-refractivity contribution in [3.8, 4) is 5.75 Å². The quantitative estimate of drug-likeness (QED) is 0.762. The molecule has 1 aromatic rings. The van der Waals surface area contributed by atoms with E-state index in [-0.39, 0.29) is 6.04 Å². The van der Waals surface area contributed by atoms with Crippen LogP contribution in [0.15, 0.2) is 18.2 Å². The molecule has 0 fully saturated rings. The fourth-order valence-electron chi connectivity index (χ4n) is 1.65. The molecule has 0 radical (unpaired) electrons. The molecule has 0 bridgehead atoms. The van der Waals surface area contributed by atoms with Gasteiger partial charge in [-0.1, -0.05) is 18.5 Å². The summed E-state index contributed by atoms with van der Waals surface area (Å²) in [4.78, 5) is 0. The van der Waals surface area contributed by atoms with Gasteiger partial charge >= 0.3 is 0 Å². The van der Waals surface area contributed by atoms with Crippen molar-refractivity contribution in [2.24, 2.45) is 0 Å². The lowest BCUT2D eigenvalue weighted by Crippen LogP contribution is -2.22. The van der Waals surface area contributed by atoms with Crippen molar-refractivity contribution in [3.05, 3.63) is 28.8 Å². The Morgan fingerprint density at radius 3 is 2.76 bits per heavy atom. The molecule has 4 heteroatoms. The molecule has 1 rings (SSSR count). The molecule has 0 aliphatic heterocycles. The Labute approximate surface area is 108 Å². The van der Waals surface area contributed by atoms with Crippen LogP contribution in [0.25, 0.3) is 0 Å². The molecular weight excluding hydrogens is 238 g/mol. The van der Waals surface area contributed by atoms with Crippen LogP contribution in [0.1, 0.15) is 24.9 Å². The summed E-state index contributed by atoms with van der Waals surface area (Å²) in [7, 11) is 3.56. The van der Waals surface area contributed by atoms with Gasteiger partial charge in [-0.05, 0) is 31.7 Å². The maximum atomic E-state index is 6.01. The third-order valence-corrected chi connectivity index (χ3v) is 2.78. The van der Waals surface area contributed by atoms with Gasteiger partial charge in [0, 0.05) is 17.2 Å². The van der Waals surface area contributed by atoms with Crippen LogP contribution < -0.4 is 10.1 Å². The molecule has 0 spiro atoms. The van der Waals surface area contributed by atoms with Crippen LogP contribution in [-0.4, -0.2) is 27.4 Å². The van der Waals surface area contributed by atoms with Gasteiger partial charge in [0.05, 0.1) is 19.8 Å². The third kappa shape index (κ3) is 4.19. The van der Waals surface area contributed by atoms with E-state index in [0.717, 1.165) is 24.3 Å². The van der Waals surface area contributed by atoms with Crippen LogP contribution in [0.2, 0.25) is 5.02 Å². The zero-order valence-corrected chi connectivity index (χ0v) is 11.4. The largest absolute Gasteiger partial charge is 0.496 e. The highest BCUT2D eigenvalue weighted by molar-refractivity contribution is 6.30. The molecule has 96 valence electrons. The number of rotatable bonds is 7. The summed E-state index contributed by atoms with van der Waals surface area (Å²) in [6, 6.07) is 5.71. The molecule has 1 aromatic carbocycles. The van der Waals surface area contributed by atoms with Crippen LogP contribution in [0, 0.1) is 0 Å². The van der Waals surface area contributed by atoms with Gasteiger partial charge in [0.15, 0.2) is 0 Å². The van der Waals surface area contributed by atoms with Crippen molar-refractivity contribution in [2.75, 3.05) is 27.4 Å². The highest BCUT2D eigenvalue weighted by Gasteiger charge is 2.15. The molecule has 1 N–H and O–H groups in total. The van der Waals surface area contributed by atoms with Gasteiger partial charge in [-0.3, -0.25) is 0 Å². The van der Waals surface area contributed by atoms with Crippen LogP contribution in [0.5, 0.6) is 5.75 Å². The average molecular weight is 258 g/mol. The van der Waals surface area contributed by atoms with Gasteiger partial charge in [-0.15, -0.1) is 0 Å². The van der Waals surface area contributed by atoms with Crippen LogP contribution in [-0.2, 0) is 4.74 Å². The first-order valence-corrected chi connectivity index (χ1v) is 6.19. The van der Waals surface area contributed by atoms with Crippen molar-refractivity contribution in [1.82, 2.24) is 5.32 Å². The summed E-state index contributed by atoms with van der Waals surface area (Å²) in [5.41, 5.74) is 1.03. The predicted octanol–water partition coefficient (Wildman–Crippen LogP) is 3.04. The van der Waals surface area contributed by atoms with E-state index in [1.807, 2.05) is 25.2 Å². The Hall–Kier alpha value is -0.770. The molecule has 0 saturated heterocycles. The van der Waals surface area contributed by atoms with E-state index in [2.05, 4.69) is 12.2 Å². The van der Waals surface area contributed by atoms with E-state index in [1.54, 1.807) is 7.11 Å². The van der Waals surface area contributed by atoms with E-state index in [1.165, 1.54) is 0 Å². The monoisotopic (exact) mass is 257 g/mol. The zero-order chi connectivity index (χ0) is 12.7. The third-order valence-electron chi connectivity index (χ3n) is 2.55. The molecule has 1 unspecified atom stereocenters. The molecule has 0 aliphatic carbocycles. The first kappa shape index (κ1) is 14.3. The number of ether oxygens (including phenoxy) is 2. The van der Waals surface area contributed by atoms with Crippen molar-refractivity contribution >= 4 is 11.6 Å². The summed E-state index contributed by atoms with van der Waals surface area (Å²) >= 11 is 6.01. The van der Waals surface area contributed by atoms with Crippen LogP contribution in [0.4, 0.5) is 0 Å². The van der Waals surface area contributed by atoms with Crippen molar-refractivity contribution in [1.29, 1.82) is 0 Å². The van der Waals surface area contributed by atoms with Crippen LogP contribution in [0.3, 0.4) is 0 Å². The first-order chi connectivity index (χ1) is 8.22. The van der Waals surface area contributed by atoms with E-state index in [9.17, 15) is 0 Å². The lowest BCUT2D eigenvalue weighted by Gasteiger charge is -2.19. The minimum absolute atomic E-state index is 0.0928. The van der Waals surface area contributed by atoms with Crippen molar-refractivity contribution in [3.63, 3.8) is 0 Å². The SMILES string of the molecule is CCCOCC(NC)c1cc(Cl)ccc1OC. The van der Waals surface area contributed by atoms with Gasteiger partial charge in [0.1, 0.15) is 5.75 Å². The maximum Gasteiger partial charge on any atom is 0.123 e. The molecular formula is C13H20ClNO2. The molecule has 0 amide bonds. The van der Waals surface area contributed by atoms with Gasteiger partial charge < -0.3 is 14.8 Å². The minimum atomic E-state index is 0.0928. The Balaban J connectivity index is 2.82. The lowest BCUT2D eigenvalue weighted by atomic mass is 10.1. The summed E-state index contributed by atoms with van der Waals surface area (Å²) < 4.78 is 10.9. The average Bonchev–Trinajstić information content (AvgIpc) is 2.35. The summed E-state index contributed by atoms with van der Waals surface area (Å²) in [6.07, 6.45) is 1.02. The summed E-state index contributed by atoms with van der Waals surface area (Å²) in [5.74, 6) is 0.828. The molecule has 3 nitrogen and oxygen atoms in total. The Morgan fingerprint density at radius 1 is 1.41 bits per heavy atom. The highest BCUT2D eigenvalue weighted by Crippen LogP contribution is 2.28. The Kier molecular flexibility index (Phi) is 6.34. The number of nitrogens with one attached hydrogen (secondary N) is 1. The van der Waals surface area contributed by atoms with Gasteiger partial charge in [-0.2, -0.15) is 0 Å². The number of hydrogen-bond acceptors (Lipinski definition) is 3. The van der Waals surface area contributed by atoms with Gasteiger partial charge in [0.25, 0.3) is 0 Å². The summed E-state index contributed by atoms with van der Waals surface area (Å²) in [6.45, 7) is 3.47. The zero-order valence-electron chi connectivity index (χ0n) is 10.6. The number of methoxy groups -OCH3 is 1. The van der Waals surface area contributed by atoms with Crippen LogP contribution >= 0.6 is 11.6 Å². The van der Waals surface area contributed by atoms with Crippen molar-refractivity contribution < 1.29 is 9.47 Å². The highest BCUT2D eigenvalue weighted by atomic mass is 35.5. The van der Waals surface area contributed by atoms with Gasteiger partial charge in [-0.25, -0.2) is 0 Å². The fourth-order valence-corrected chi connectivity index (χ4v) is 1.83. The fraction of sp³-hybridized carbons (Fsp3) is 0.538. The molecule has 1 atom stereocenters. The number of likely N-dealkylation sites (N-methyl/N-ethyl adjacent to an activating group) is 1. The Bertz CT molecular complexity index is 344. The summed E-state index contributed by atoms with van der Waals surface area (Å²) in [5, 5.41) is 3.92. The van der Waals surface area contributed by atoms with Crippen molar-refractivity contribution in [2.45, 2.75) is 19.4 Å². The normalized spacial score (nSPS) is 12.5. The van der Waals surface area contributed by atoms with E-state index < -0.39 is 0 Å². The second-order valence-electron chi connectivity index (χ2n) is 3.80. The molecule has 17 heavy (non-hydrogen) atoms. The van der Waals surface area contributed by atoms with E-state index in [4.69, 9.17) is 21.1 Å². The molecule has 0 heterocycles. The predicted molar refractivity (Wildman–Crippen MR) is 70.9 cm³/mol.